The van der Waals surface area contributed by atoms with E-state index in [4.69, 9.17) is 4.74 Å². The molecule has 1 aromatic carbocycles. The van der Waals surface area contributed by atoms with E-state index in [2.05, 4.69) is 13.8 Å². The predicted molar refractivity (Wildman–Crippen MR) is 85.0 cm³/mol. The molecule has 0 amide bonds. The molecule has 1 aliphatic carbocycles. The first-order valence-electron chi connectivity index (χ1n) is 7.34. The maximum atomic E-state index is 12.4. The van der Waals surface area contributed by atoms with E-state index < -0.39 is 0 Å². The smallest absolute Gasteiger partial charge is 0.192 e. The van der Waals surface area contributed by atoms with Crippen LogP contribution in [0, 0.1) is 5.41 Å². The minimum absolute atomic E-state index is 0.0690. The summed E-state index contributed by atoms with van der Waals surface area (Å²) >= 11 is 0. The maximum Gasteiger partial charge on any atom is 0.192 e. The van der Waals surface area contributed by atoms with Crippen LogP contribution in [0.1, 0.15) is 36.3 Å². The molecule has 0 saturated heterocycles. The number of pyridine rings is 1. The third kappa shape index (κ3) is 2.34. The van der Waals surface area contributed by atoms with Crippen molar-refractivity contribution in [2.75, 3.05) is 7.11 Å². The summed E-state index contributed by atoms with van der Waals surface area (Å²) in [6.07, 6.45) is 2.82. The van der Waals surface area contributed by atoms with Gasteiger partial charge in [0.05, 0.1) is 18.4 Å². The lowest BCUT2D eigenvalue weighted by molar-refractivity contribution is 0.0907. The number of methoxy groups -OCH3 is 1. The van der Waals surface area contributed by atoms with Gasteiger partial charge in [-0.15, -0.1) is 0 Å². The number of hydrogen-bond donors (Lipinski definition) is 0. The Morgan fingerprint density at radius 3 is 2.55 bits per heavy atom. The molecule has 0 spiro atoms. The van der Waals surface area contributed by atoms with Gasteiger partial charge in [-0.2, -0.15) is 0 Å². The number of ether oxygens (including phenoxy) is 1. The van der Waals surface area contributed by atoms with Crippen LogP contribution in [-0.2, 0) is 6.42 Å². The normalized spacial score (nSPS) is 16.2. The number of Topliss-reactive ketones (excluding diaryl/α,β-unsaturated/α-hetero) is 1. The molecule has 1 aliphatic rings. The van der Waals surface area contributed by atoms with E-state index in [0.717, 1.165) is 11.4 Å². The van der Waals surface area contributed by atoms with Crippen LogP contribution in [0.5, 0.6) is 5.75 Å². The summed E-state index contributed by atoms with van der Waals surface area (Å²) in [4.78, 5) is 24.6. The third-order valence-electron chi connectivity index (χ3n) is 4.11. The Labute approximate surface area is 129 Å². The fraction of sp³-hybridized carbons (Fsp3) is 0.333. The van der Waals surface area contributed by atoms with Crippen LogP contribution >= 0.6 is 0 Å². The molecule has 22 heavy (non-hydrogen) atoms. The Kier molecular flexibility index (Phi) is 3.39. The van der Waals surface area contributed by atoms with Crippen molar-refractivity contribution in [2.24, 2.45) is 5.41 Å². The first-order chi connectivity index (χ1) is 10.4. The summed E-state index contributed by atoms with van der Waals surface area (Å²) in [5.74, 6) is 0.643. The summed E-state index contributed by atoms with van der Waals surface area (Å²) in [6, 6.07) is 9.07. The Morgan fingerprint density at radius 1 is 1.09 bits per heavy atom. The summed E-state index contributed by atoms with van der Waals surface area (Å²) < 4.78 is 7.33. The molecule has 0 bridgehead atoms. The zero-order chi connectivity index (χ0) is 15.9. The van der Waals surface area contributed by atoms with Gasteiger partial charge >= 0.3 is 0 Å². The number of benzene rings is 1. The quantitative estimate of drug-likeness (QED) is 0.856. The van der Waals surface area contributed by atoms with E-state index in [1.54, 1.807) is 13.3 Å². The fourth-order valence-corrected chi connectivity index (χ4v) is 3.14. The second-order valence-corrected chi connectivity index (χ2v) is 6.48. The molecule has 0 N–H and O–H groups in total. The average molecular weight is 297 g/mol. The predicted octanol–water partition coefficient (Wildman–Crippen LogP) is 3.00. The lowest BCUT2D eigenvalue weighted by Gasteiger charge is -2.32. The van der Waals surface area contributed by atoms with Crippen molar-refractivity contribution in [3.8, 4) is 11.4 Å². The summed E-state index contributed by atoms with van der Waals surface area (Å²) in [5.41, 5.74) is 1.60. The highest BCUT2D eigenvalue weighted by Crippen LogP contribution is 2.35. The number of nitrogens with zero attached hydrogens (tertiary/aromatic N) is 1. The number of para-hydroxylation sites is 2. The Bertz CT molecular complexity index is 802. The third-order valence-corrected chi connectivity index (χ3v) is 4.11. The van der Waals surface area contributed by atoms with Gasteiger partial charge in [-0.3, -0.25) is 9.59 Å². The molecule has 4 nitrogen and oxygen atoms in total. The molecule has 2 aromatic rings. The van der Waals surface area contributed by atoms with Gasteiger partial charge in [-0.1, -0.05) is 26.0 Å². The van der Waals surface area contributed by atoms with Gasteiger partial charge in [-0.25, -0.2) is 0 Å². The number of ketones is 1. The van der Waals surface area contributed by atoms with E-state index in [1.807, 2.05) is 28.8 Å². The van der Waals surface area contributed by atoms with Crippen molar-refractivity contribution in [2.45, 2.75) is 26.7 Å². The monoisotopic (exact) mass is 297 g/mol. The molecule has 0 saturated carbocycles. The van der Waals surface area contributed by atoms with Crippen LogP contribution in [0.2, 0.25) is 0 Å². The van der Waals surface area contributed by atoms with E-state index in [9.17, 15) is 9.59 Å². The van der Waals surface area contributed by atoms with Crippen molar-refractivity contribution in [1.29, 1.82) is 0 Å². The van der Waals surface area contributed by atoms with Crippen LogP contribution in [0.4, 0.5) is 0 Å². The Hall–Kier alpha value is -2.36. The van der Waals surface area contributed by atoms with Crippen molar-refractivity contribution in [3.05, 3.63) is 58.0 Å². The second-order valence-electron chi connectivity index (χ2n) is 6.48. The van der Waals surface area contributed by atoms with E-state index in [0.29, 0.717) is 24.2 Å². The molecule has 0 radical (unpaired) electrons. The molecular weight excluding hydrogens is 278 g/mol. The Balaban J connectivity index is 2.30. The van der Waals surface area contributed by atoms with Gasteiger partial charge in [0.2, 0.25) is 0 Å². The highest BCUT2D eigenvalue weighted by molar-refractivity contribution is 5.98. The minimum atomic E-state index is -0.193. The van der Waals surface area contributed by atoms with Crippen LogP contribution < -0.4 is 10.2 Å². The van der Waals surface area contributed by atoms with Gasteiger partial charge in [-0.05, 0) is 24.0 Å². The first-order valence-corrected chi connectivity index (χ1v) is 7.34. The number of rotatable bonds is 2. The first kappa shape index (κ1) is 14.6. The molecule has 4 heteroatoms. The number of hydrogen-bond acceptors (Lipinski definition) is 3. The fourth-order valence-electron chi connectivity index (χ4n) is 3.14. The van der Waals surface area contributed by atoms with Gasteiger partial charge in [0.25, 0.3) is 0 Å². The molecule has 1 heterocycles. The lowest BCUT2D eigenvalue weighted by Crippen LogP contribution is -2.34. The largest absolute Gasteiger partial charge is 0.495 e. The average Bonchev–Trinajstić information content (AvgIpc) is 2.46. The molecular formula is C18H19NO3. The summed E-state index contributed by atoms with van der Waals surface area (Å²) in [6.45, 7) is 4.11. The minimum Gasteiger partial charge on any atom is -0.495 e. The molecule has 0 fully saturated rings. The zero-order valence-corrected chi connectivity index (χ0v) is 13.1. The summed E-state index contributed by atoms with van der Waals surface area (Å²) in [5, 5.41) is 0. The van der Waals surface area contributed by atoms with Crippen molar-refractivity contribution >= 4 is 5.78 Å². The summed E-state index contributed by atoms with van der Waals surface area (Å²) in [7, 11) is 1.61. The zero-order valence-electron chi connectivity index (χ0n) is 13.1. The number of carbonyl (C=O) groups is 1. The molecule has 1 aromatic heterocycles. The van der Waals surface area contributed by atoms with Gasteiger partial charge in [0, 0.05) is 24.4 Å². The highest BCUT2D eigenvalue weighted by atomic mass is 16.5. The van der Waals surface area contributed by atoms with Crippen molar-refractivity contribution < 1.29 is 9.53 Å². The van der Waals surface area contributed by atoms with Crippen molar-refractivity contribution in [1.82, 2.24) is 4.57 Å². The highest BCUT2D eigenvalue weighted by Gasteiger charge is 2.34. The lowest BCUT2D eigenvalue weighted by atomic mass is 9.75. The van der Waals surface area contributed by atoms with Gasteiger partial charge < -0.3 is 9.30 Å². The maximum absolute atomic E-state index is 12.4. The van der Waals surface area contributed by atoms with Crippen LogP contribution in [0.25, 0.3) is 5.69 Å². The van der Waals surface area contributed by atoms with Crippen molar-refractivity contribution in [3.63, 3.8) is 0 Å². The topological polar surface area (TPSA) is 48.3 Å². The molecule has 0 unspecified atom stereocenters. The molecule has 0 aliphatic heterocycles. The second kappa shape index (κ2) is 5.13. The van der Waals surface area contributed by atoms with E-state index >= 15 is 0 Å². The number of fused-ring (bicyclic) bond motifs is 1. The van der Waals surface area contributed by atoms with Gasteiger partial charge in [0.15, 0.2) is 11.2 Å². The van der Waals surface area contributed by atoms with Crippen LogP contribution in [-0.4, -0.2) is 17.5 Å². The molecule has 3 rings (SSSR count). The van der Waals surface area contributed by atoms with E-state index in [1.165, 1.54) is 6.07 Å². The molecule has 114 valence electrons. The van der Waals surface area contributed by atoms with Gasteiger partial charge in [0.1, 0.15) is 5.75 Å². The standard InChI is InChI=1S/C18H19NO3/c1-18(2)10-13-17(15(21)11-18)14(20)8-9-19(13)12-6-4-5-7-16(12)22-3/h4-9H,10-11H2,1-3H3. The van der Waals surface area contributed by atoms with E-state index in [-0.39, 0.29) is 16.6 Å². The number of aromatic nitrogens is 1. The number of carbonyl (C=O) groups excluding carboxylic acids is 1. The Morgan fingerprint density at radius 2 is 1.82 bits per heavy atom. The molecule has 0 atom stereocenters. The van der Waals surface area contributed by atoms with Crippen LogP contribution in [0.3, 0.4) is 0 Å². The van der Waals surface area contributed by atoms with Crippen LogP contribution in [0.15, 0.2) is 41.3 Å². The SMILES string of the molecule is COc1ccccc1-n1ccc(=O)c2c1CC(C)(C)CC2=O.